The van der Waals surface area contributed by atoms with E-state index in [1.54, 1.807) is 0 Å². The van der Waals surface area contributed by atoms with Crippen molar-refractivity contribution < 1.29 is 31.1 Å². The van der Waals surface area contributed by atoms with Gasteiger partial charge in [0.15, 0.2) is 15.9 Å². The van der Waals surface area contributed by atoms with Crippen molar-refractivity contribution in [1.29, 1.82) is 0 Å². The van der Waals surface area contributed by atoms with E-state index in [1.807, 2.05) is 30.3 Å². The van der Waals surface area contributed by atoms with Gasteiger partial charge >= 0.3 is 6.18 Å². The lowest BCUT2D eigenvalue weighted by atomic mass is 10.1. The van der Waals surface area contributed by atoms with E-state index in [4.69, 9.17) is 4.74 Å². The van der Waals surface area contributed by atoms with Crippen molar-refractivity contribution in [2.24, 2.45) is 0 Å². The van der Waals surface area contributed by atoms with Gasteiger partial charge in [0.2, 0.25) is 0 Å². The van der Waals surface area contributed by atoms with Crippen molar-refractivity contribution in [3.63, 3.8) is 0 Å². The highest BCUT2D eigenvalue weighted by Gasteiger charge is 2.39. The third-order valence-corrected chi connectivity index (χ3v) is 6.39. The number of ether oxygens (including phenoxy) is 1. The summed E-state index contributed by atoms with van der Waals surface area (Å²) in [5.74, 6) is -0.849. The number of hydrogen-bond acceptors (Lipinski definition) is 5. The molecule has 1 saturated heterocycles. The molecule has 1 atom stereocenters. The lowest BCUT2D eigenvalue weighted by Gasteiger charge is -2.35. The van der Waals surface area contributed by atoms with E-state index in [9.17, 15) is 26.4 Å². The van der Waals surface area contributed by atoms with Crippen molar-refractivity contribution in [2.75, 3.05) is 32.4 Å². The zero-order chi connectivity index (χ0) is 23.5. The Hall–Kier alpha value is -2.59. The van der Waals surface area contributed by atoms with Crippen LogP contribution in [-0.2, 0) is 16.4 Å². The lowest BCUT2D eigenvalue weighted by molar-refractivity contribution is -0.189. The summed E-state index contributed by atoms with van der Waals surface area (Å²) in [5, 5.41) is 0. The Bertz CT molecular complexity index is 1050. The number of rotatable bonds is 6. The fourth-order valence-corrected chi connectivity index (χ4v) is 4.04. The molecule has 0 radical (unpaired) electrons. The van der Waals surface area contributed by atoms with E-state index in [1.165, 1.54) is 4.90 Å². The lowest BCUT2D eigenvalue weighted by Crippen LogP contribution is -2.48. The Morgan fingerprint density at radius 1 is 1.06 bits per heavy atom. The number of carbonyl (C=O) groups excluding carboxylic acids is 1. The van der Waals surface area contributed by atoms with Crippen molar-refractivity contribution in [2.45, 2.75) is 30.6 Å². The molecule has 6 nitrogen and oxygen atoms in total. The maximum absolute atomic E-state index is 13.1. The van der Waals surface area contributed by atoms with Gasteiger partial charge in [-0.25, -0.2) is 8.42 Å². The molecule has 0 spiro atoms. The Morgan fingerprint density at radius 3 is 2.25 bits per heavy atom. The summed E-state index contributed by atoms with van der Waals surface area (Å²) in [5.41, 5.74) is 0.950. The summed E-state index contributed by atoms with van der Waals surface area (Å²) in [6, 6.07) is 13.2. The maximum Gasteiger partial charge on any atom is 0.425 e. The molecule has 1 amide bonds. The predicted molar refractivity (Wildman–Crippen MR) is 113 cm³/mol. The van der Waals surface area contributed by atoms with Gasteiger partial charge in [-0.05, 0) is 30.7 Å². The summed E-state index contributed by atoms with van der Waals surface area (Å²) in [6.07, 6.45) is -5.81. The molecule has 1 heterocycles. The van der Waals surface area contributed by atoms with Gasteiger partial charge in [0.25, 0.3) is 5.91 Å². The number of alkyl halides is 3. The summed E-state index contributed by atoms with van der Waals surface area (Å²) in [4.78, 5) is 16.7. The van der Waals surface area contributed by atoms with Crippen molar-refractivity contribution in [1.82, 2.24) is 9.80 Å². The molecule has 0 bridgehead atoms. The van der Waals surface area contributed by atoms with Gasteiger partial charge in [-0.1, -0.05) is 30.3 Å². The first-order valence-corrected chi connectivity index (χ1v) is 12.0. The van der Waals surface area contributed by atoms with Gasteiger partial charge in [-0.2, -0.15) is 13.2 Å². The summed E-state index contributed by atoms with van der Waals surface area (Å²) < 4.78 is 67.9. The van der Waals surface area contributed by atoms with E-state index in [0.717, 1.165) is 43.5 Å². The quantitative estimate of drug-likeness (QED) is 0.648. The van der Waals surface area contributed by atoms with E-state index in [2.05, 4.69) is 4.90 Å². The van der Waals surface area contributed by atoms with Crippen LogP contribution < -0.4 is 4.74 Å². The van der Waals surface area contributed by atoms with Crippen LogP contribution in [-0.4, -0.2) is 68.8 Å². The Balaban J connectivity index is 1.78. The van der Waals surface area contributed by atoms with Crippen molar-refractivity contribution in [3.05, 3.63) is 59.7 Å². The average Bonchev–Trinajstić information content (AvgIpc) is 2.73. The van der Waals surface area contributed by atoms with Gasteiger partial charge < -0.3 is 9.64 Å². The normalized spacial score (nSPS) is 16.6. The van der Waals surface area contributed by atoms with Crippen LogP contribution in [0, 0.1) is 0 Å². The Kier molecular flexibility index (Phi) is 7.14. The van der Waals surface area contributed by atoms with E-state index in [0.29, 0.717) is 26.2 Å². The number of piperazine rings is 1. The SMILES string of the molecule is C[C@H](Oc1ccc(S(C)(=O)=O)cc1C(=O)N1CCN(Cc2ccccc2)CC1)C(F)(F)F. The molecule has 2 aromatic rings. The molecule has 0 unspecified atom stereocenters. The van der Waals surface area contributed by atoms with Crippen molar-refractivity contribution in [3.8, 4) is 5.75 Å². The molecular weight excluding hydrogens is 445 g/mol. The number of benzene rings is 2. The van der Waals surface area contributed by atoms with Crippen LogP contribution in [0.15, 0.2) is 53.4 Å². The third kappa shape index (κ3) is 6.01. The van der Waals surface area contributed by atoms with E-state index in [-0.39, 0.29) is 16.2 Å². The first kappa shape index (κ1) is 24.1. The van der Waals surface area contributed by atoms with Gasteiger partial charge in [0.05, 0.1) is 10.5 Å². The summed E-state index contributed by atoms with van der Waals surface area (Å²) in [6.45, 7) is 3.46. The molecular formula is C22H25F3N2O4S. The molecule has 32 heavy (non-hydrogen) atoms. The standard InChI is InChI=1S/C22H25F3N2O4S/c1-16(22(23,24)25)31-20-9-8-18(32(2,29)30)14-19(20)21(28)27-12-10-26(11-13-27)15-17-6-4-3-5-7-17/h3-9,14,16H,10-13,15H2,1-2H3/t16-/m0/s1. The van der Waals surface area contributed by atoms with Crippen LogP contribution in [0.25, 0.3) is 0 Å². The van der Waals surface area contributed by atoms with Crippen LogP contribution in [0.3, 0.4) is 0 Å². The third-order valence-electron chi connectivity index (χ3n) is 5.28. The van der Waals surface area contributed by atoms with Gasteiger partial charge in [-0.15, -0.1) is 0 Å². The minimum Gasteiger partial charge on any atom is -0.480 e. The average molecular weight is 471 g/mol. The van der Waals surface area contributed by atoms with Crippen LogP contribution in [0.1, 0.15) is 22.8 Å². The number of sulfone groups is 1. The fraction of sp³-hybridized carbons (Fsp3) is 0.409. The van der Waals surface area contributed by atoms with Gasteiger partial charge in [0.1, 0.15) is 5.75 Å². The number of carbonyl (C=O) groups is 1. The second-order valence-electron chi connectivity index (χ2n) is 7.79. The molecule has 174 valence electrons. The monoisotopic (exact) mass is 470 g/mol. The van der Waals surface area contributed by atoms with Crippen molar-refractivity contribution >= 4 is 15.7 Å². The Morgan fingerprint density at radius 2 is 1.69 bits per heavy atom. The smallest absolute Gasteiger partial charge is 0.425 e. The molecule has 2 aromatic carbocycles. The molecule has 0 aromatic heterocycles. The summed E-state index contributed by atoms with van der Waals surface area (Å²) in [7, 11) is -3.66. The number of nitrogens with zero attached hydrogens (tertiary/aromatic N) is 2. The summed E-state index contributed by atoms with van der Waals surface area (Å²) >= 11 is 0. The zero-order valence-electron chi connectivity index (χ0n) is 17.8. The molecule has 1 aliphatic rings. The van der Waals surface area contributed by atoms with Gasteiger partial charge in [-0.3, -0.25) is 9.69 Å². The zero-order valence-corrected chi connectivity index (χ0v) is 18.6. The highest BCUT2D eigenvalue weighted by Crippen LogP contribution is 2.30. The molecule has 0 N–H and O–H groups in total. The topological polar surface area (TPSA) is 66.9 Å². The highest BCUT2D eigenvalue weighted by atomic mass is 32.2. The molecule has 0 saturated carbocycles. The highest BCUT2D eigenvalue weighted by molar-refractivity contribution is 7.90. The molecule has 0 aliphatic carbocycles. The molecule has 1 aliphatic heterocycles. The maximum atomic E-state index is 13.1. The first-order valence-electron chi connectivity index (χ1n) is 10.1. The largest absolute Gasteiger partial charge is 0.480 e. The number of amides is 1. The Labute approximate surface area is 185 Å². The second-order valence-corrected chi connectivity index (χ2v) is 9.80. The predicted octanol–water partition coefficient (Wildman–Crippen LogP) is 3.38. The number of hydrogen-bond donors (Lipinski definition) is 0. The van der Waals surface area contributed by atoms with E-state index < -0.39 is 28.0 Å². The molecule has 10 heteroatoms. The van der Waals surface area contributed by atoms with Gasteiger partial charge in [0, 0.05) is 39.0 Å². The molecule has 3 rings (SSSR count). The number of halogens is 3. The molecule has 1 fully saturated rings. The minimum absolute atomic E-state index is 0.157. The van der Waals surface area contributed by atoms with Crippen LogP contribution in [0.5, 0.6) is 5.75 Å². The van der Waals surface area contributed by atoms with E-state index >= 15 is 0 Å². The van der Waals surface area contributed by atoms with Crippen LogP contribution in [0.4, 0.5) is 13.2 Å². The first-order chi connectivity index (χ1) is 14.9. The van der Waals surface area contributed by atoms with Crippen LogP contribution in [0.2, 0.25) is 0 Å². The van der Waals surface area contributed by atoms with Crippen LogP contribution >= 0.6 is 0 Å². The second kappa shape index (κ2) is 9.50. The minimum atomic E-state index is -4.63. The fourth-order valence-electron chi connectivity index (χ4n) is 3.39.